The third-order valence-corrected chi connectivity index (χ3v) is 4.83. The zero-order valence-corrected chi connectivity index (χ0v) is 15.8. The molecule has 0 saturated heterocycles. The third-order valence-electron chi connectivity index (χ3n) is 3.44. The molecule has 0 spiro atoms. The zero-order valence-electron chi connectivity index (χ0n) is 15.0. The van der Waals surface area contributed by atoms with Gasteiger partial charge in [0.15, 0.2) is 0 Å². The maximum Gasteiger partial charge on any atom is 0.338 e. The summed E-state index contributed by atoms with van der Waals surface area (Å²) in [6.45, 7) is 7.72. The smallest absolute Gasteiger partial charge is 0.338 e. The van der Waals surface area contributed by atoms with Crippen LogP contribution >= 0.6 is 0 Å². The van der Waals surface area contributed by atoms with Gasteiger partial charge in [-0.25, -0.2) is 13.2 Å². The van der Waals surface area contributed by atoms with Gasteiger partial charge in [0, 0.05) is 24.3 Å². The van der Waals surface area contributed by atoms with E-state index in [4.69, 9.17) is 4.74 Å². The molecule has 0 amide bonds. The molecule has 25 heavy (non-hydrogen) atoms. The SMILES string of the molecule is CCOC(=O)c1ccc(NS(=O)(=O)c2cn(C)nc2C(C)(C)C)cc1. The van der Waals surface area contributed by atoms with Crippen molar-refractivity contribution in [1.82, 2.24) is 9.78 Å². The minimum Gasteiger partial charge on any atom is -0.462 e. The van der Waals surface area contributed by atoms with Crippen LogP contribution in [0.4, 0.5) is 5.69 Å². The number of ether oxygens (including phenoxy) is 1. The first kappa shape index (κ1) is 19.0. The minimum absolute atomic E-state index is 0.136. The summed E-state index contributed by atoms with van der Waals surface area (Å²) in [5, 5.41) is 4.28. The number of carbonyl (C=O) groups excluding carboxylic acids is 1. The molecule has 0 aliphatic heterocycles. The third kappa shape index (κ3) is 4.39. The molecule has 1 aromatic heterocycles. The molecule has 1 N–H and O–H groups in total. The van der Waals surface area contributed by atoms with Gasteiger partial charge >= 0.3 is 5.97 Å². The Kier molecular flexibility index (Phi) is 5.22. The maximum absolute atomic E-state index is 12.7. The zero-order chi connectivity index (χ0) is 18.8. The summed E-state index contributed by atoms with van der Waals surface area (Å²) in [6, 6.07) is 6.08. The van der Waals surface area contributed by atoms with Gasteiger partial charge < -0.3 is 4.74 Å². The van der Waals surface area contributed by atoms with Crippen molar-refractivity contribution in [3.8, 4) is 0 Å². The van der Waals surface area contributed by atoms with Crippen LogP contribution in [-0.4, -0.2) is 30.8 Å². The summed E-state index contributed by atoms with van der Waals surface area (Å²) < 4.78 is 34.4. The van der Waals surface area contributed by atoms with Gasteiger partial charge in [-0.1, -0.05) is 20.8 Å². The van der Waals surface area contributed by atoms with Crippen LogP contribution in [0.15, 0.2) is 35.4 Å². The average molecular weight is 365 g/mol. The highest BCUT2D eigenvalue weighted by atomic mass is 32.2. The number of hydrogen-bond donors (Lipinski definition) is 1. The highest BCUT2D eigenvalue weighted by Crippen LogP contribution is 2.28. The topological polar surface area (TPSA) is 90.3 Å². The second-order valence-corrected chi connectivity index (χ2v) is 8.32. The summed E-state index contributed by atoms with van der Waals surface area (Å²) in [4.78, 5) is 11.8. The van der Waals surface area contributed by atoms with E-state index in [1.54, 1.807) is 14.0 Å². The molecule has 0 aliphatic rings. The van der Waals surface area contributed by atoms with Crippen LogP contribution in [0, 0.1) is 0 Å². The van der Waals surface area contributed by atoms with Crippen molar-refractivity contribution in [2.24, 2.45) is 7.05 Å². The Hall–Kier alpha value is -2.35. The fourth-order valence-corrected chi connectivity index (χ4v) is 3.73. The van der Waals surface area contributed by atoms with Gasteiger partial charge in [-0.15, -0.1) is 0 Å². The molecule has 0 radical (unpaired) electrons. The molecule has 1 heterocycles. The normalized spacial score (nSPS) is 12.0. The van der Waals surface area contributed by atoms with E-state index < -0.39 is 21.4 Å². The molecule has 0 unspecified atom stereocenters. The van der Waals surface area contributed by atoms with E-state index in [1.807, 2.05) is 20.8 Å². The lowest BCUT2D eigenvalue weighted by Crippen LogP contribution is -2.20. The van der Waals surface area contributed by atoms with Crippen molar-refractivity contribution in [3.63, 3.8) is 0 Å². The van der Waals surface area contributed by atoms with Crippen LogP contribution in [0.25, 0.3) is 0 Å². The summed E-state index contributed by atoms with van der Waals surface area (Å²) in [7, 11) is -2.12. The van der Waals surface area contributed by atoms with Crippen LogP contribution in [0.1, 0.15) is 43.7 Å². The maximum atomic E-state index is 12.7. The molecule has 1 aromatic carbocycles. The number of hydrogen-bond acceptors (Lipinski definition) is 5. The van der Waals surface area contributed by atoms with Gasteiger partial charge in [-0.3, -0.25) is 9.40 Å². The average Bonchev–Trinajstić information content (AvgIpc) is 2.91. The fraction of sp³-hybridized carbons (Fsp3) is 0.412. The molecule has 0 fully saturated rings. The molecule has 2 rings (SSSR count). The number of sulfonamides is 1. The predicted octanol–water partition coefficient (Wildman–Crippen LogP) is 2.70. The molecule has 0 atom stereocenters. The molecule has 0 aliphatic carbocycles. The lowest BCUT2D eigenvalue weighted by Gasteiger charge is -2.17. The van der Waals surface area contributed by atoms with E-state index in [9.17, 15) is 13.2 Å². The number of aromatic nitrogens is 2. The highest BCUT2D eigenvalue weighted by Gasteiger charge is 2.29. The monoisotopic (exact) mass is 365 g/mol. The molecule has 0 bridgehead atoms. The van der Waals surface area contributed by atoms with Crippen LogP contribution in [-0.2, 0) is 27.2 Å². The van der Waals surface area contributed by atoms with E-state index in [0.717, 1.165) is 0 Å². The summed E-state index contributed by atoms with van der Waals surface area (Å²) in [5.41, 5.74) is 0.794. The van der Waals surface area contributed by atoms with Crippen LogP contribution in [0.5, 0.6) is 0 Å². The Labute approximate surface area is 148 Å². The van der Waals surface area contributed by atoms with Gasteiger partial charge in [-0.2, -0.15) is 5.10 Å². The van der Waals surface area contributed by atoms with Gasteiger partial charge in [0.05, 0.1) is 17.9 Å². The number of nitrogens with zero attached hydrogens (tertiary/aromatic N) is 2. The van der Waals surface area contributed by atoms with Gasteiger partial charge in [0.1, 0.15) is 4.90 Å². The Morgan fingerprint density at radius 3 is 2.36 bits per heavy atom. The molecule has 136 valence electrons. The van der Waals surface area contributed by atoms with Gasteiger partial charge in [-0.05, 0) is 31.2 Å². The lowest BCUT2D eigenvalue weighted by atomic mass is 9.92. The van der Waals surface area contributed by atoms with E-state index in [0.29, 0.717) is 16.9 Å². The standard InChI is InChI=1S/C17H23N3O4S/c1-6-24-16(21)12-7-9-13(10-8-12)19-25(22,23)14-11-20(5)18-15(14)17(2,3)4/h7-11,19H,6H2,1-5H3. The molecule has 2 aromatic rings. The Morgan fingerprint density at radius 2 is 1.84 bits per heavy atom. The van der Waals surface area contributed by atoms with Gasteiger partial charge in [0.25, 0.3) is 10.0 Å². The number of carbonyl (C=O) groups is 1. The predicted molar refractivity (Wildman–Crippen MR) is 95.1 cm³/mol. The number of aryl methyl sites for hydroxylation is 1. The molecular formula is C17H23N3O4S. The van der Waals surface area contributed by atoms with E-state index in [2.05, 4.69) is 9.82 Å². The molecule has 7 nitrogen and oxygen atoms in total. The van der Waals surface area contributed by atoms with E-state index in [-0.39, 0.29) is 11.5 Å². The number of nitrogens with one attached hydrogen (secondary N) is 1. The largest absolute Gasteiger partial charge is 0.462 e. The quantitative estimate of drug-likeness (QED) is 0.823. The number of esters is 1. The van der Waals surface area contributed by atoms with Gasteiger partial charge in [0.2, 0.25) is 0 Å². The van der Waals surface area contributed by atoms with Crippen molar-refractivity contribution in [1.29, 1.82) is 0 Å². The highest BCUT2D eigenvalue weighted by molar-refractivity contribution is 7.92. The van der Waals surface area contributed by atoms with Crippen LogP contribution in [0.3, 0.4) is 0 Å². The van der Waals surface area contributed by atoms with Crippen LogP contribution in [0.2, 0.25) is 0 Å². The first-order valence-corrected chi connectivity index (χ1v) is 9.37. The molecule has 0 saturated carbocycles. The van der Waals surface area contributed by atoms with Crippen molar-refractivity contribution in [2.45, 2.75) is 38.0 Å². The molecule has 8 heteroatoms. The van der Waals surface area contributed by atoms with Crippen molar-refractivity contribution in [3.05, 3.63) is 41.7 Å². The number of rotatable bonds is 5. The summed E-state index contributed by atoms with van der Waals surface area (Å²) in [5.74, 6) is -0.445. The first-order valence-electron chi connectivity index (χ1n) is 7.88. The number of benzene rings is 1. The first-order chi connectivity index (χ1) is 11.5. The summed E-state index contributed by atoms with van der Waals surface area (Å²) in [6.07, 6.45) is 1.48. The van der Waals surface area contributed by atoms with Crippen molar-refractivity contribution < 1.29 is 17.9 Å². The fourth-order valence-electron chi connectivity index (χ4n) is 2.28. The van der Waals surface area contributed by atoms with E-state index in [1.165, 1.54) is 35.1 Å². The Balaban J connectivity index is 2.30. The summed E-state index contributed by atoms with van der Waals surface area (Å²) >= 11 is 0. The van der Waals surface area contributed by atoms with Crippen molar-refractivity contribution >= 4 is 21.7 Å². The second-order valence-electron chi connectivity index (χ2n) is 6.67. The Bertz CT molecular complexity index is 862. The van der Waals surface area contributed by atoms with E-state index >= 15 is 0 Å². The Morgan fingerprint density at radius 1 is 1.24 bits per heavy atom. The lowest BCUT2D eigenvalue weighted by molar-refractivity contribution is 0.0526. The van der Waals surface area contributed by atoms with Crippen LogP contribution < -0.4 is 4.72 Å². The molecular weight excluding hydrogens is 342 g/mol. The minimum atomic E-state index is -3.80. The number of anilines is 1. The second kappa shape index (κ2) is 6.87. The van der Waals surface area contributed by atoms with Crippen molar-refractivity contribution in [2.75, 3.05) is 11.3 Å².